The second kappa shape index (κ2) is 11.2. The fourth-order valence-corrected chi connectivity index (χ4v) is 6.56. The van der Waals surface area contributed by atoms with Gasteiger partial charge in [-0.05, 0) is 31.0 Å². The summed E-state index contributed by atoms with van der Waals surface area (Å²) in [4.78, 5) is 26.3. The number of aromatic nitrogens is 5. The Kier molecular flexibility index (Phi) is 6.35. The average Bonchev–Trinajstić information content (AvgIpc) is 3.41. The molecule has 2 aromatic carbocycles. The Hall–Kier alpha value is -5.30. The predicted molar refractivity (Wildman–Crippen MR) is 174 cm³/mol. The molecule has 2 N–H and O–H groups in total. The number of halogens is 1. The number of nitrogens with zero attached hydrogens (tertiary/aromatic N) is 7. The second-order valence-corrected chi connectivity index (χ2v) is 11.7. The molecule has 0 radical (unpaired) electrons. The molecule has 2 fully saturated rings. The van der Waals surface area contributed by atoms with Gasteiger partial charge in [-0.25, -0.2) is 14.4 Å². The van der Waals surface area contributed by atoms with Crippen molar-refractivity contribution in [2.45, 2.75) is 13.0 Å². The van der Waals surface area contributed by atoms with Crippen molar-refractivity contribution >= 4 is 39.8 Å². The lowest BCUT2D eigenvalue weighted by atomic mass is 10.1. The maximum atomic E-state index is 13.9. The van der Waals surface area contributed by atoms with Crippen LogP contribution in [0.3, 0.4) is 0 Å². The molecule has 4 heterocycles. The molecule has 236 valence electrons. The van der Waals surface area contributed by atoms with E-state index in [2.05, 4.69) is 49.2 Å². The van der Waals surface area contributed by atoms with Gasteiger partial charge in [-0.15, -0.1) is 10.2 Å². The van der Waals surface area contributed by atoms with Gasteiger partial charge in [0.2, 0.25) is 11.8 Å². The van der Waals surface area contributed by atoms with E-state index in [1.165, 1.54) is 24.1 Å². The summed E-state index contributed by atoms with van der Waals surface area (Å²) in [5, 5.41) is 14.6. The van der Waals surface area contributed by atoms with Crippen LogP contribution in [0.15, 0.2) is 65.6 Å². The van der Waals surface area contributed by atoms with Crippen LogP contribution in [0.1, 0.15) is 10.0 Å². The summed E-state index contributed by atoms with van der Waals surface area (Å²) in [6.45, 7) is 4.30. The number of carbonyl (C=O) groups is 1. The molecular formula is C33H34FN9O3. The van der Waals surface area contributed by atoms with Gasteiger partial charge in [0.05, 0.1) is 35.4 Å². The largest absolute Gasteiger partial charge is 0.494 e. The molecule has 12 nitrogen and oxygen atoms in total. The van der Waals surface area contributed by atoms with Crippen molar-refractivity contribution in [2.24, 2.45) is 18.8 Å². The van der Waals surface area contributed by atoms with E-state index in [0.29, 0.717) is 68.3 Å². The van der Waals surface area contributed by atoms with Crippen LogP contribution < -0.4 is 20.3 Å². The van der Waals surface area contributed by atoms with Gasteiger partial charge >= 0.3 is 0 Å². The minimum Gasteiger partial charge on any atom is -0.494 e. The normalized spacial score (nSPS) is 20.0. The molecule has 13 heteroatoms. The Labute approximate surface area is 269 Å². The minimum absolute atomic E-state index is 0.118. The first kappa shape index (κ1) is 26.0. The molecule has 0 bridgehead atoms. The van der Waals surface area contributed by atoms with E-state index in [1.54, 1.807) is 31.2 Å². The van der Waals surface area contributed by atoms with Crippen molar-refractivity contribution in [3.63, 3.8) is 0 Å². The fourth-order valence-electron chi connectivity index (χ4n) is 6.56. The lowest BCUT2D eigenvalue weighted by Gasteiger charge is -2.27. The van der Waals surface area contributed by atoms with E-state index >= 15 is 0 Å². The topological polar surface area (TPSA) is 126 Å². The van der Waals surface area contributed by atoms with Crippen LogP contribution in [0.2, 0.25) is 0 Å². The number of hydrogen-bond acceptors (Lipinski definition) is 10. The third kappa shape index (κ3) is 5.11. The number of para-hydroxylation sites is 1. The zero-order valence-corrected chi connectivity index (χ0v) is 25.7. The van der Waals surface area contributed by atoms with Gasteiger partial charge in [-0.3, -0.25) is 4.79 Å². The van der Waals surface area contributed by atoms with Gasteiger partial charge < -0.3 is 34.2 Å². The molecule has 2 atom stereocenters. The number of likely N-dealkylation sites (tertiary alicyclic amines) is 1. The second-order valence-electron chi connectivity index (χ2n) is 11.7. The Morgan fingerprint density at radius 3 is 2.67 bits per heavy atom. The Bertz CT molecular complexity index is 2100. The first-order valence-corrected chi connectivity index (χ1v) is 14.7. The number of rotatable bonds is 9. The number of hydrogen-bond donors (Lipinski definition) is 2. The molecule has 1 saturated heterocycles. The zero-order chi connectivity index (χ0) is 34.8. The highest BCUT2D eigenvalue weighted by Crippen LogP contribution is 2.51. The van der Waals surface area contributed by atoms with Crippen LogP contribution in [0.5, 0.6) is 5.75 Å². The van der Waals surface area contributed by atoms with Gasteiger partial charge in [0.15, 0.2) is 5.83 Å². The van der Waals surface area contributed by atoms with E-state index in [-0.39, 0.29) is 17.9 Å². The molecule has 1 amide bonds. The Morgan fingerprint density at radius 1 is 1.20 bits per heavy atom. The molecule has 46 heavy (non-hydrogen) atoms. The zero-order valence-electron chi connectivity index (χ0n) is 28.7. The average molecular weight is 627 g/mol. The number of piperidine rings is 1. The maximum Gasteiger partial charge on any atom is 0.283 e. The summed E-state index contributed by atoms with van der Waals surface area (Å²) in [5.74, 6) is -0.0950. The van der Waals surface area contributed by atoms with Crippen LogP contribution in [0.25, 0.3) is 33.6 Å². The number of carbonyl (C=O) groups excluding carboxylic acids is 1. The summed E-state index contributed by atoms with van der Waals surface area (Å²) in [6.07, 6.45) is 3.02. The van der Waals surface area contributed by atoms with Crippen LogP contribution in [-0.4, -0.2) is 75.9 Å². The summed E-state index contributed by atoms with van der Waals surface area (Å²) in [6, 6.07) is 10.8. The van der Waals surface area contributed by atoms with E-state index in [0.717, 1.165) is 13.1 Å². The minimum atomic E-state index is -2.46. The Balaban J connectivity index is 1.32. The predicted octanol–water partition coefficient (Wildman–Crippen LogP) is 5.16. The quantitative estimate of drug-likeness (QED) is 0.212. The molecule has 3 aromatic heterocycles. The fraction of sp³-hybridized carbons (Fsp3) is 0.303. The summed E-state index contributed by atoms with van der Waals surface area (Å²) < 4.78 is 51.1. The molecular weight excluding hydrogens is 589 g/mol. The summed E-state index contributed by atoms with van der Waals surface area (Å²) in [5.41, 5.74) is 3.09. The van der Waals surface area contributed by atoms with Crippen molar-refractivity contribution in [1.82, 2.24) is 29.6 Å². The van der Waals surface area contributed by atoms with E-state index in [9.17, 15) is 9.18 Å². The molecule has 5 aromatic rings. The lowest BCUT2D eigenvalue weighted by molar-refractivity contribution is -0.114. The van der Waals surface area contributed by atoms with Gasteiger partial charge in [-0.1, -0.05) is 24.8 Å². The van der Waals surface area contributed by atoms with Gasteiger partial charge in [0.1, 0.15) is 5.75 Å². The van der Waals surface area contributed by atoms with Crippen molar-refractivity contribution in [2.75, 3.05) is 49.8 Å². The first-order valence-electron chi connectivity index (χ1n) is 16.2. The van der Waals surface area contributed by atoms with Crippen molar-refractivity contribution < 1.29 is 22.5 Å². The highest BCUT2D eigenvalue weighted by molar-refractivity contribution is 6.04. The number of benzene rings is 2. The molecule has 2 unspecified atom stereocenters. The standard InChI is InChI=1S/C33H34FN9O3/c1-17(34)31(44)36-24-11-25(28(45-6)12-27(24)43(5)30-22-14-41(3)15-23(22)30)37-33-35-13-20(32-40-39-18(2)46-32)29(38-33)21-16-42(4)26-10-8-7-9-19(21)26/h7-13,16,22-23,30H,1,14-15H2,2-6H3,(H,36,44)(H,35,37,38)/i4D3. The van der Waals surface area contributed by atoms with Crippen LogP contribution in [0, 0.1) is 18.8 Å². The molecule has 0 spiro atoms. The van der Waals surface area contributed by atoms with Gasteiger partial charge in [0, 0.05) is 79.1 Å². The number of anilines is 4. The lowest BCUT2D eigenvalue weighted by Crippen LogP contribution is -2.31. The van der Waals surface area contributed by atoms with Crippen LogP contribution in [0.4, 0.5) is 27.4 Å². The van der Waals surface area contributed by atoms with Crippen molar-refractivity contribution in [3.05, 3.63) is 67.1 Å². The third-order valence-corrected chi connectivity index (χ3v) is 8.73. The highest BCUT2D eigenvalue weighted by atomic mass is 19.1. The SMILES string of the molecule is [2H]C([2H])([2H])n1cc(-c2nc(Nc3cc(NC(=O)C(=C)F)c(N(C)C4C5CN(C)CC54)cc3OC)ncc2-c2nnc(C)o2)c2ccccc21. The maximum absolute atomic E-state index is 13.9. The van der Waals surface area contributed by atoms with Gasteiger partial charge in [0.25, 0.3) is 11.8 Å². The first-order chi connectivity index (χ1) is 23.3. The Morgan fingerprint density at radius 2 is 1.98 bits per heavy atom. The summed E-state index contributed by atoms with van der Waals surface area (Å²) in [7, 11) is 5.57. The number of fused-ring (bicyclic) bond motifs is 2. The molecule has 1 aliphatic carbocycles. The van der Waals surface area contributed by atoms with Crippen LogP contribution in [-0.2, 0) is 11.8 Å². The molecule has 2 aliphatic rings. The number of methoxy groups -OCH3 is 1. The van der Waals surface area contributed by atoms with Gasteiger partial charge in [-0.2, -0.15) is 0 Å². The van der Waals surface area contributed by atoms with Crippen molar-refractivity contribution in [1.29, 1.82) is 0 Å². The molecule has 1 aliphatic heterocycles. The number of ether oxygens (including phenoxy) is 1. The van der Waals surface area contributed by atoms with E-state index < -0.39 is 18.7 Å². The van der Waals surface area contributed by atoms with Crippen molar-refractivity contribution in [3.8, 4) is 28.5 Å². The molecule has 1 saturated carbocycles. The molecule has 7 rings (SSSR count). The van der Waals surface area contributed by atoms with E-state index in [1.807, 2.05) is 19.2 Å². The summed E-state index contributed by atoms with van der Waals surface area (Å²) >= 11 is 0. The van der Waals surface area contributed by atoms with Crippen LogP contribution >= 0.6 is 0 Å². The number of aryl methyl sites for hydroxylation is 2. The highest BCUT2D eigenvalue weighted by Gasteiger charge is 2.57. The van der Waals surface area contributed by atoms with E-state index in [4.69, 9.17) is 18.3 Å². The number of nitrogens with one attached hydrogen (secondary N) is 2. The third-order valence-electron chi connectivity index (χ3n) is 8.73. The smallest absolute Gasteiger partial charge is 0.283 e. The number of amides is 1. The monoisotopic (exact) mass is 626 g/mol.